The van der Waals surface area contributed by atoms with Crippen LogP contribution in [0.1, 0.15) is 22.1 Å². The molecule has 0 bridgehead atoms. The quantitative estimate of drug-likeness (QED) is 0.300. The highest BCUT2D eigenvalue weighted by Crippen LogP contribution is 2.41. The van der Waals surface area contributed by atoms with Crippen molar-refractivity contribution in [1.82, 2.24) is 10.2 Å². The van der Waals surface area contributed by atoms with E-state index in [1.165, 1.54) is 28.0 Å². The summed E-state index contributed by atoms with van der Waals surface area (Å²) in [4.78, 5) is 41.5. The van der Waals surface area contributed by atoms with Crippen LogP contribution in [0.5, 0.6) is 0 Å². The number of benzene rings is 2. The Labute approximate surface area is 212 Å². The summed E-state index contributed by atoms with van der Waals surface area (Å²) in [6.07, 6.45) is -0.379. The van der Waals surface area contributed by atoms with Crippen LogP contribution in [-0.4, -0.2) is 45.9 Å². The minimum Gasteiger partial charge on any atom is -0.451 e. The van der Waals surface area contributed by atoms with E-state index in [1.807, 2.05) is 78.2 Å². The minimum absolute atomic E-state index is 0.206. The Balaban J connectivity index is 1.31. The van der Waals surface area contributed by atoms with E-state index in [-0.39, 0.29) is 23.6 Å². The fraction of sp³-hybridized carbons (Fsp3) is 0.222. The van der Waals surface area contributed by atoms with Gasteiger partial charge >= 0.3 is 5.97 Å². The molecule has 2 amide bonds. The molecule has 3 atom stereocenters. The molecule has 2 aliphatic rings. The monoisotopic (exact) mass is 504 g/mol. The first kappa shape index (κ1) is 23.4. The summed E-state index contributed by atoms with van der Waals surface area (Å²) in [6, 6.07) is 21.3. The maximum Gasteiger partial charge on any atom is 0.334 e. The van der Waals surface area contributed by atoms with Gasteiger partial charge in [0.2, 0.25) is 11.8 Å². The van der Waals surface area contributed by atoms with Gasteiger partial charge in [0.05, 0.1) is 6.42 Å². The SMILES string of the molecule is C=C1CS[C@H]2C(NC(=O)Cc3cccs3)C(=O)N2C1C(=O)OC(c1ccccc1)c1ccccc1. The molecule has 5 rings (SSSR count). The number of fused-ring (bicyclic) bond motifs is 1. The molecular weight excluding hydrogens is 480 g/mol. The number of ether oxygens (including phenoxy) is 1. The van der Waals surface area contributed by atoms with Crippen LogP contribution in [0.2, 0.25) is 0 Å². The van der Waals surface area contributed by atoms with E-state index in [9.17, 15) is 14.4 Å². The Morgan fingerprint density at radius 2 is 1.69 bits per heavy atom. The summed E-state index contributed by atoms with van der Waals surface area (Å²) in [5.74, 6) is -0.509. The first-order chi connectivity index (χ1) is 17.0. The van der Waals surface area contributed by atoms with Crippen LogP contribution < -0.4 is 5.32 Å². The molecule has 2 unspecified atom stereocenters. The number of thiophene rings is 1. The molecule has 35 heavy (non-hydrogen) atoms. The number of β-lactam (4-membered cyclic amide) rings is 1. The zero-order valence-electron chi connectivity index (χ0n) is 18.8. The van der Waals surface area contributed by atoms with E-state index < -0.39 is 24.2 Å². The van der Waals surface area contributed by atoms with Crippen LogP contribution in [-0.2, 0) is 25.5 Å². The smallest absolute Gasteiger partial charge is 0.334 e. The third-order valence-corrected chi connectivity index (χ3v) is 8.33. The Morgan fingerprint density at radius 1 is 1.03 bits per heavy atom. The van der Waals surface area contributed by atoms with Crippen molar-refractivity contribution in [2.45, 2.75) is 30.0 Å². The van der Waals surface area contributed by atoms with Crippen molar-refractivity contribution in [2.24, 2.45) is 0 Å². The second-order valence-electron chi connectivity index (χ2n) is 8.45. The average Bonchev–Trinajstić information content (AvgIpc) is 3.39. The highest BCUT2D eigenvalue weighted by Gasteiger charge is 2.56. The van der Waals surface area contributed by atoms with Gasteiger partial charge in [0.1, 0.15) is 11.4 Å². The fourth-order valence-electron chi connectivity index (χ4n) is 4.38. The second-order valence-corrected chi connectivity index (χ2v) is 10.6. The van der Waals surface area contributed by atoms with Crippen molar-refractivity contribution in [3.63, 3.8) is 0 Å². The standard InChI is InChI=1S/C27H24N2O4S2/c1-17-16-35-26-22(28-21(30)15-20-13-8-14-34-20)25(31)29(26)23(17)27(32)33-24(18-9-4-2-5-10-18)19-11-6-3-7-12-19/h2-14,22-24,26H,1,15-16H2,(H,28,30)/t22?,23?,26-/m0/s1. The first-order valence-corrected chi connectivity index (χ1v) is 13.2. The minimum atomic E-state index is -0.880. The van der Waals surface area contributed by atoms with Crippen LogP contribution in [0.3, 0.4) is 0 Å². The summed E-state index contributed by atoms with van der Waals surface area (Å²) in [6.45, 7) is 4.06. The van der Waals surface area contributed by atoms with Crippen LogP contribution >= 0.6 is 23.1 Å². The van der Waals surface area contributed by atoms with Gasteiger partial charge in [-0.2, -0.15) is 0 Å². The number of rotatable bonds is 7. The molecule has 2 aromatic carbocycles. The lowest BCUT2D eigenvalue weighted by Crippen LogP contribution is -2.74. The third kappa shape index (κ3) is 4.76. The Bertz CT molecular complexity index is 1190. The molecule has 2 fully saturated rings. The van der Waals surface area contributed by atoms with Gasteiger partial charge in [-0.15, -0.1) is 23.1 Å². The number of amides is 2. The summed E-state index contributed by atoms with van der Waals surface area (Å²) < 4.78 is 6.03. The zero-order chi connectivity index (χ0) is 24.4. The van der Waals surface area contributed by atoms with Crippen molar-refractivity contribution in [3.05, 3.63) is 106 Å². The number of hydrogen-bond acceptors (Lipinski definition) is 6. The lowest BCUT2D eigenvalue weighted by molar-refractivity contribution is -0.165. The molecule has 2 aliphatic heterocycles. The predicted molar refractivity (Wildman–Crippen MR) is 137 cm³/mol. The number of thioether (sulfide) groups is 1. The number of carbonyl (C=O) groups excluding carboxylic acids is 3. The molecule has 3 aromatic rings. The summed E-state index contributed by atoms with van der Waals surface area (Å²) in [5.41, 5.74) is 2.30. The highest BCUT2D eigenvalue weighted by molar-refractivity contribution is 8.00. The topological polar surface area (TPSA) is 75.7 Å². The predicted octanol–water partition coefficient (Wildman–Crippen LogP) is 3.95. The molecule has 178 valence electrons. The Hall–Kier alpha value is -3.36. The fourth-order valence-corrected chi connectivity index (χ4v) is 6.39. The van der Waals surface area contributed by atoms with E-state index in [0.29, 0.717) is 11.3 Å². The number of carbonyl (C=O) groups is 3. The maximum absolute atomic E-state index is 13.5. The Kier molecular flexibility index (Phi) is 6.74. The molecule has 0 saturated carbocycles. The molecule has 2 saturated heterocycles. The van der Waals surface area contributed by atoms with Crippen molar-refractivity contribution >= 4 is 40.9 Å². The van der Waals surface area contributed by atoms with Crippen LogP contribution in [0.25, 0.3) is 0 Å². The van der Waals surface area contributed by atoms with Gasteiger partial charge in [-0.1, -0.05) is 73.3 Å². The summed E-state index contributed by atoms with van der Waals surface area (Å²) >= 11 is 3.00. The molecule has 1 aromatic heterocycles. The van der Waals surface area contributed by atoms with Crippen LogP contribution in [0, 0.1) is 0 Å². The largest absolute Gasteiger partial charge is 0.451 e. The molecule has 0 aliphatic carbocycles. The number of nitrogens with one attached hydrogen (secondary N) is 1. The van der Waals surface area contributed by atoms with E-state index >= 15 is 0 Å². The van der Waals surface area contributed by atoms with Gasteiger partial charge in [0, 0.05) is 10.6 Å². The summed E-state index contributed by atoms with van der Waals surface area (Å²) in [5, 5.41) is 4.43. The number of hydrogen-bond donors (Lipinski definition) is 1. The number of esters is 1. The van der Waals surface area contributed by atoms with Crippen molar-refractivity contribution in [3.8, 4) is 0 Å². The van der Waals surface area contributed by atoms with Gasteiger partial charge in [-0.25, -0.2) is 4.79 Å². The first-order valence-electron chi connectivity index (χ1n) is 11.3. The third-order valence-electron chi connectivity index (χ3n) is 6.08. The molecule has 0 spiro atoms. The Morgan fingerprint density at radius 3 is 2.29 bits per heavy atom. The van der Waals surface area contributed by atoms with E-state index in [2.05, 4.69) is 11.9 Å². The van der Waals surface area contributed by atoms with E-state index in [4.69, 9.17) is 4.74 Å². The lowest BCUT2D eigenvalue weighted by atomic mass is 9.97. The molecule has 0 radical (unpaired) electrons. The second kappa shape index (κ2) is 10.1. The lowest BCUT2D eigenvalue weighted by Gasteiger charge is -2.52. The maximum atomic E-state index is 13.5. The molecule has 1 N–H and O–H groups in total. The van der Waals surface area contributed by atoms with Crippen molar-refractivity contribution in [2.75, 3.05) is 5.75 Å². The molecule has 3 heterocycles. The van der Waals surface area contributed by atoms with Crippen molar-refractivity contribution in [1.29, 1.82) is 0 Å². The zero-order valence-corrected chi connectivity index (χ0v) is 20.5. The average molecular weight is 505 g/mol. The van der Waals surface area contributed by atoms with Gasteiger partial charge in [0.15, 0.2) is 12.1 Å². The van der Waals surface area contributed by atoms with Crippen LogP contribution in [0.15, 0.2) is 90.3 Å². The molecular formula is C27H24N2O4S2. The summed E-state index contributed by atoms with van der Waals surface area (Å²) in [7, 11) is 0. The number of nitrogens with zero attached hydrogens (tertiary/aromatic N) is 1. The van der Waals surface area contributed by atoms with Gasteiger partial charge in [-0.05, 0) is 28.1 Å². The van der Waals surface area contributed by atoms with Gasteiger partial charge in [-0.3, -0.25) is 9.59 Å². The van der Waals surface area contributed by atoms with E-state index in [1.54, 1.807) is 0 Å². The molecule has 8 heteroatoms. The van der Waals surface area contributed by atoms with E-state index in [0.717, 1.165) is 16.0 Å². The van der Waals surface area contributed by atoms with Crippen molar-refractivity contribution < 1.29 is 19.1 Å². The normalized spacial score (nSPS) is 21.3. The van der Waals surface area contributed by atoms with Gasteiger partial charge < -0.3 is 15.0 Å². The van der Waals surface area contributed by atoms with Gasteiger partial charge in [0.25, 0.3) is 0 Å². The highest BCUT2D eigenvalue weighted by atomic mass is 32.2. The molecule has 6 nitrogen and oxygen atoms in total. The van der Waals surface area contributed by atoms with Crippen LogP contribution in [0.4, 0.5) is 0 Å².